The predicted molar refractivity (Wildman–Crippen MR) is 73.2 cm³/mol. The second-order valence-corrected chi connectivity index (χ2v) is 6.84. The summed E-state index contributed by atoms with van der Waals surface area (Å²) in [5.41, 5.74) is 0. The first-order chi connectivity index (χ1) is 9.41. The average Bonchev–Trinajstić information content (AvgIpc) is 2.46. The monoisotopic (exact) mass is 292 g/mol. The summed E-state index contributed by atoms with van der Waals surface area (Å²) in [6.07, 6.45) is 2.59. The molecule has 0 radical (unpaired) electrons. The molecule has 4 heteroatoms. The molecule has 3 atom stereocenters. The van der Waals surface area contributed by atoms with Crippen LogP contribution in [0, 0.1) is 23.7 Å². The first-order valence-corrected chi connectivity index (χ1v) is 8.16. The summed E-state index contributed by atoms with van der Waals surface area (Å²) in [5.74, 6) is -0.344. The van der Waals surface area contributed by atoms with Gasteiger partial charge in [-0.2, -0.15) is 13.2 Å². The molecule has 1 N–H and O–H groups in total. The van der Waals surface area contributed by atoms with Crippen LogP contribution < -0.4 is 0 Å². The van der Waals surface area contributed by atoms with Crippen LogP contribution in [0.15, 0.2) is 0 Å². The molecule has 1 nitrogen and oxygen atoms in total. The van der Waals surface area contributed by atoms with Crippen molar-refractivity contribution in [2.45, 2.75) is 77.0 Å². The van der Waals surface area contributed by atoms with E-state index >= 15 is 0 Å². The van der Waals surface area contributed by atoms with Gasteiger partial charge in [-0.3, -0.25) is 0 Å². The first kappa shape index (κ1) is 16.1. The quantitative estimate of drug-likeness (QED) is 0.781. The van der Waals surface area contributed by atoms with E-state index in [0.717, 1.165) is 38.0 Å². The normalized spacial score (nSPS) is 37.6. The van der Waals surface area contributed by atoms with Gasteiger partial charge in [-0.1, -0.05) is 32.6 Å². The van der Waals surface area contributed by atoms with Gasteiger partial charge in [0, 0.05) is 0 Å². The van der Waals surface area contributed by atoms with Crippen LogP contribution in [0.25, 0.3) is 0 Å². The summed E-state index contributed by atoms with van der Waals surface area (Å²) in [7, 11) is 0. The Kier molecular flexibility index (Phi) is 5.38. The highest BCUT2D eigenvalue weighted by Gasteiger charge is 2.44. The molecule has 0 spiro atoms. The standard InChI is InChI=1S/C16H27F3O/c1-2-11-6-8-12(9-7-11)15(20)13-4-3-5-14(10-13)16(17,18)19/h11-15,20H,2-10H2,1H3. The van der Waals surface area contributed by atoms with Crippen LogP contribution in [0.4, 0.5) is 13.2 Å². The lowest BCUT2D eigenvalue weighted by Crippen LogP contribution is -2.38. The minimum absolute atomic E-state index is 0.137. The van der Waals surface area contributed by atoms with Gasteiger partial charge in [-0.25, -0.2) is 0 Å². The summed E-state index contributed by atoms with van der Waals surface area (Å²) in [5, 5.41) is 10.5. The smallest absolute Gasteiger partial charge is 0.391 e. The molecule has 0 amide bonds. The molecule has 0 aromatic heterocycles. The van der Waals surface area contributed by atoms with Crippen molar-refractivity contribution in [1.29, 1.82) is 0 Å². The molecule has 2 aliphatic rings. The summed E-state index contributed by atoms with van der Waals surface area (Å²) in [4.78, 5) is 0. The lowest BCUT2D eigenvalue weighted by molar-refractivity contribution is -0.190. The summed E-state index contributed by atoms with van der Waals surface area (Å²) >= 11 is 0. The second kappa shape index (κ2) is 6.67. The van der Waals surface area contributed by atoms with Crippen LogP contribution >= 0.6 is 0 Å². The van der Waals surface area contributed by atoms with Crippen molar-refractivity contribution < 1.29 is 18.3 Å². The third-order valence-corrected chi connectivity index (χ3v) is 5.61. The Bertz CT molecular complexity index is 295. The largest absolute Gasteiger partial charge is 0.393 e. The van der Waals surface area contributed by atoms with Gasteiger partial charge in [0.05, 0.1) is 12.0 Å². The maximum absolute atomic E-state index is 12.8. The zero-order valence-corrected chi connectivity index (χ0v) is 12.3. The molecule has 20 heavy (non-hydrogen) atoms. The molecule has 2 fully saturated rings. The van der Waals surface area contributed by atoms with Crippen molar-refractivity contribution in [1.82, 2.24) is 0 Å². The van der Waals surface area contributed by atoms with Gasteiger partial charge in [0.2, 0.25) is 0 Å². The Hall–Kier alpha value is -0.250. The van der Waals surface area contributed by atoms with Crippen LogP contribution in [-0.4, -0.2) is 17.4 Å². The molecular weight excluding hydrogens is 265 g/mol. The van der Waals surface area contributed by atoms with Crippen molar-refractivity contribution in [3.05, 3.63) is 0 Å². The van der Waals surface area contributed by atoms with Gasteiger partial charge in [0.25, 0.3) is 0 Å². The third-order valence-electron chi connectivity index (χ3n) is 5.61. The lowest BCUT2D eigenvalue weighted by atomic mass is 9.70. The Morgan fingerprint density at radius 1 is 1.00 bits per heavy atom. The van der Waals surface area contributed by atoms with Crippen molar-refractivity contribution in [2.24, 2.45) is 23.7 Å². The molecule has 0 aliphatic heterocycles. The molecule has 2 aliphatic carbocycles. The van der Waals surface area contributed by atoms with Crippen LogP contribution in [0.1, 0.15) is 64.7 Å². The zero-order valence-electron chi connectivity index (χ0n) is 12.3. The van der Waals surface area contributed by atoms with Gasteiger partial charge in [-0.15, -0.1) is 0 Å². The topological polar surface area (TPSA) is 20.2 Å². The highest BCUT2D eigenvalue weighted by Crippen LogP contribution is 2.44. The van der Waals surface area contributed by atoms with E-state index in [1.807, 2.05) is 0 Å². The fourth-order valence-corrected chi connectivity index (χ4v) is 4.16. The van der Waals surface area contributed by atoms with E-state index < -0.39 is 18.2 Å². The van der Waals surface area contributed by atoms with Crippen LogP contribution in [0.3, 0.4) is 0 Å². The molecule has 0 aromatic carbocycles. The second-order valence-electron chi connectivity index (χ2n) is 6.84. The highest BCUT2D eigenvalue weighted by molar-refractivity contribution is 4.86. The molecule has 3 unspecified atom stereocenters. The number of aliphatic hydroxyl groups is 1. The minimum Gasteiger partial charge on any atom is -0.393 e. The first-order valence-electron chi connectivity index (χ1n) is 8.16. The summed E-state index contributed by atoms with van der Waals surface area (Å²) in [6, 6.07) is 0. The molecule has 2 saturated carbocycles. The fourth-order valence-electron chi connectivity index (χ4n) is 4.16. The molecule has 0 bridgehead atoms. The zero-order chi connectivity index (χ0) is 14.8. The van der Waals surface area contributed by atoms with Gasteiger partial charge in [0.1, 0.15) is 0 Å². The van der Waals surface area contributed by atoms with E-state index in [4.69, 9.17) is 0 Å². The lowest BCUT2D eigenvalue weighted by Gasteiger charge is -2.38. The van der Waals surface area contributed by atoms with Crippen LogP contribution in [0.5, 0.6) is 0 Å². The Morgan fingerprint density at radius 3 is 2.20 bits per heavy atom. The number of aliphatic hydroxyl groups excluding tert-OH is 1. The van der Waals surface area contributed by atoms with Gasteiger partial charge in [-0.05, 0) is 49.9 Å². The number of rotatable bonds is 3. The Labute approximate surface area is 119 Å². The van der Waals surface area contributed by atoms with Crippen molar-refractivity contribution >= 4 is 0 Å². The maximum atomic E-state index is 12.8. The minimum atomic E-state index is -4.09. The van der Waals surface area contributed by atoms with Crippen molar-refractivity contribution in [3.63, 3.8) is 0 Å². The van der Waals surface area contributed by atoms with E-state index in [1.54, 1.807) is 0 Å². The molecule has 118 valence electrons. The van der Waals surface area contributed by atoms with Gasteiger partial charge < -0.3 is 5.11 Å². The Morgan fingerprint density at radius 2 is 1.65 bits per heavy atom. The van der Waals surface area contributed by atoms with Gasteiger partial charge in [0.15, 0.2) is 0 Å². The van der Waals surface area contributed by atoms with Gasteiger partial charge >= 0.3 is 6.18 Å². The number of alkyl halides is 3. The molecular formula is C16H27F3O. The van der Waals surface area contributed by atoms with E-state index in [2.05, 4.69) is 6.92 Å². The fraction of sp³-hybridized carbons (Fsp3) is 1.00. The van der Waals surface area contributed by atoms with E-state index in [1.165, 1.54) is 6.42 Å². The molecule has 2 rings (SSSR count). The SMILES string of the molecule is CCC1CCC(C(O)C2CCCC(C(F)(F)F)C2)CC1. The number of halogens is 3. The maximum Gasteiger partial charge on any atom is 0.391 e. The van der Waals surface area contributed by atoms with E-state index in [9.17, 15) is 18.3 Å². The van der Waals surface area contributed by atoms with Crippen molar-refractivity contribution in [2.75, 3.05) is 0 Å². The molecule has 0 saturated heterocycles. The van der Waals surface area contributed by atoms with Crippen LogP contribution in [0.2, 0.25) is 0 Å². The average molecular weight is 292 g/mol. The summed E-state index contributed by atoms with van der Waals surface area (Å²) in [6.45, 7) is 2.19. The molecule has 0 aromatic rings. The molecule has 0 heterocycles. The van der Waals surface area contributed by atoms with E-state index in [-0.39, 0.29) is 24.7 Å². The Balaban J connectivity index is 1.87. The summed E-state index contributed by atoms with van der Waals surface area (Å²) < 4.78 is 38.5. The third kappa shape index (κ3) is 3.90. The van der Waals surface area contributed by atoms with Crippen molar-refractivity contribution in [3.8, 4) is 0 Å². The van der Waals surface area contributed by atoms with E-state index in [0.29, 0.717) is 6.42 Å². The predicted octanol–water partition coefficient (Wildman–Crippen LogP) is 4.93. The number of hydrogen-bond acceptors (Lipinski definition) is 1. The van der Waals surface area contributed by atoms with Crippen LogP contribution in [-0.2, 0) is 0 Å². The number of hydrogen-bond donors (Lipinski definition) is 1. The highest BCUT2D eigenvalue weighted by atomic mass is 19.4.